The van der Waals surface area contributed by atoms with E-state index in [-0.39, 0.29) is 0 Å². The summed E-state index contributed by atoms with van der Waals surface area (Å²) >= 11 is 0. The normalized spacial score (nSPS) is 32.3. The zero-order chi connectivity index (χ0) is 16.4. The van der Waals surface area contributed by atoms with Crippen molar-refractivity contribution in [1.29, 1.82) is 0 Å². The highest BCUT2D eigenvalue weighted by molar-refractivity contribution is 4.89. The average Bonchev–Trinajstić information content (AvgIpc) is 2.52. The summed E-state index contributed by atoms with van der Waals surface area (Å²) in [5, 5.41) is 38.4. The molecular formula is C16H32O6. The molecule has 6 heteroatoms. The van der Waals surface area contributed by atoms with E-state index >= 15 is 0 Å². The summed E-state index contributed by atoms with van der Waals surface area (Å²) in [5.74, 6) is 0. The van der Waals surface area contributed by atoms with Crippen molar-refractivity contribution in [1.82, 2.24) is 0 Å². The van der Waals surface area contributed by atoms with Crippen molar-refractivity contribution in [3.05, 3.63) is 0 Å². The maximum atomic E-state index is 9.91. The van der Waals surface area contributed by atoms with E-state index in [0.29, 0.717) is 6.61 Å². The Labute approximate surface area is 133 Å². The predicted octanol–water partition coefficient (Wildman–Crippen LogP) is 0.944. The minimum absolute atomic E-state index is 0.410. The standard InChI is InChI=1S/C16H32O6/c1-2-3-4-5-6-7-8-9-10-21-15-14(19)13(18)12(11-17)22-16(15)20/h12-20H,2-11H2,1H3/t12-,13-,14+,15-,16?/m1/s1. The van der Waals surface area contributed by atoms with Gasteiger partial charge in [0.05, 0.1) is 6.61 Å². The van der Waals surface area contributed by atoms with Crippen molar-refractivity contribution >= 4 is 0 Å². The van der Waals surface area contributed by atoms with Gasteiger partial charge in [0.25, 0.3) is 0 Å². The Morgan fingerprint density at radius 1 is 0.864 bits per heavy atom. The lowest BCUT2D eigenvalue weighted by Crippen LogP contribution is -2.59. The number of hydrogen-bond acceptors (Lipinski definition) is 6. The van der Waals surface area contributed by atoms with Crippen LogP contribution in [0.1, 0.15) is 58.3 Å². The van der Waals surface area contributed by atoms with Gasteiger partial charge in [0.15, 0.2) is 6.29 Å². The first-order valence-corrected chi connectivity index (χ1v) is 8.54. The Morgan fingerprint density at radius 3 is 2.05 bits per heavy atom. The molecule has 1 heterocycles. The molecule has 6 nitrogen and oxygen atoms in total. The molecule has 1 rings (SSSR count). The molecule has 1 aliphatic rings. The van der Waals surface area contributed by atoms with Gasteiger partial charge in [0.1, 0.15) is 24.4 Å². The first kappa shape index (κ1) is 19.8. The zero-order valence-corrected chi connectivity index (χ0v) is 13.6. The number of unbranched alkanes of at least 4 members (excludes halogenated alkanes) is 7. The van der Waals surface area contributed by atoms with Crippen LogP contribution in [0.2, 0.25) is 0 Å². The van der Waals surface area contributed by atoms with E-state index in [9.17, 15) is 15.3 Å². The van der Waals surface area contributed by atoms with Crippen LogP contribution in [0.3, 0.4) is 0 Å². The molecule has 0 saturated carbocycles. The molecule has 132 valence electrons. The van der Waals surface area contributed by atoms with Gasteiger partial charge in [-0.3, -0.25) is 0 Å². The Bertz CT molecular complexity index is 275. The number of rotatable bonds is 11. The first-order valence-electron chi connectivity index (χ1n) is 8.54. The van der Waals surface area contributed by atoms with Crippen LogP contribution >= 0.6 is 0 Å². The maximum absolute atomic E-state index is 9.91. The molecule has 1 saturated heterocycles. The van der Waals surface area contributed by atoms with Gasteiger partial charge in [0.2, 0.25) is 0 Å². The quantitative estimate of drug-likeness (QED) is 0.423. The van der Waals surface area contributed by atoms with E-state index in [4.69, 9.17) is 14.6 Å². The SMILES string of the molecule is CCCCCCCCCCO[C@H]1C(O)O[C@H](CO)[C@@H](O)[C@@H]1O. The third-order valence-corrected chi connectivity index (χ3v) is 4.15. The maximum Gasteiger partial charge on any atom is 0.184 e. The van der Waals surface area contributed by atoms with Gasteiger partial charge in [-0.1, -0.05) is 51.9 Å². The fourth-order valence-corrected chi connectivity index (χ4v) is 2.71. The van der Waals surface area contributed by atoms with Gasteiger partial charge in [-0.2, -0.15) is 0 Å². The number of ether oxygens (including phenoxy) is 2. The summed E-state index contributed by atoms with van der Waals surface area (Å²) in [5.41, 5.74) is 0. The average molecular weight is 320 g/mol. The van der Waals surface area contributed by atoms with E-state index in [1.807, 2.05) is 0 Å². The molecule has 0 radical (unpaired) electrons. The molecule has 0 spiro atoms. The molecule has 1 fully saturated rings. The van der Waals surface area contributed by atoms with Crippen LogP contribution < -0.4 is 0 Å². The molecule has 0 aromatic carbocycles. The summed E-state index contributed by atoms with van der Waals surface area (Å²) in [6.07, 6.45) is 3.64. The molecule has 22 heavy (non-hydrogen) atoms. The molecule has 5 atom stereocenters. The van der Waals surface area contributed by atoms with Gasteiger partial charge >= 0.3 is 0 Å². The van der Waals surface area contributed by atoms with Crippen molar-refractivity contribution in [2.75, 3.05) is 13.2 Å². The van der Waals surface area contributed by atoms with Crippen molar-refractivity contribution in [2.45, 2.75) is 89.0 Å². The van der Waals surface area contributed by atoms with Crippen LogP contribution in [0.5, 0.6) is 0 Å². The summed E-state index contributed by atoms with van der Waals surface area (Å²) in [6, 6.07) is 0. The number of aliphatic hydroxyl groups excluding tert-OH is 4. The van der Waals surface area contributed by atoms with E-state index in [1.165, 1.54) is 32.1 Å². The van der Waals surface area contributed by atoms with Crippen LogP contribution in [0.25, 0.3) is 0 Å². The highest BCUT2D eigenvalue weighted by Crippen LogP contribution is 2.22. The molecule has 1 aliphatic heterocycles. The minimum atomic E-state index is -1.33. The van der Waals surface area contributed by atoms with Crippen LogP contribution in [-0.2, 0) is 9.47 Å². The Hall–Kier alpha value is -0.240. The van der Waals surface area contributed by atoms with E-state index in [0.717, 1.165) is 19.3 Å². The predicted molar refractivity (Wildman–Crippen MR) is 82.3 cm³/mol. The van der Waals surface area contributed by atoms with Crippen molar-refractivity contribution < 1.29 is 29.9 Å². The third kappa shape index (κ3) is 6.48. The van der Waals surface area contributed by atoms with Gasteiger partial charge < -0.3 is 29.9 Å². The van der Waals surface area contributed by atoms with E-state index in [2.05, 4.69) is 6.92 Å². The number of hydrogen-bond donors (Lipinski definition) is 4. The van der Waals surface area contributed by atoms with Crippen LogP contribution in [0.15, 0.2) is 0 Å². The third-order valence-electron chi connectivity index (χ3n) is 4.15. The van der Waals surface area contributed by atoms with Gasteiger partial charge in [-0.15, -0.1) is 0 Å². The lowest BCUT2D eigenvalue weighted by Gasteiger charge is -2.39. The molecule has 0 bridgehead atoms. The van der Waals surface area contributed by atoms with E-state index < -0.39 is 37.3 Å². The van der Waals surface area contributed by atoms with Crippen LogP contribution in [0.4, 0.5) is 0 Å². The zero-order valence-electron chi connectivity index (χ0n) is 13.6. The van der Waals surface area contributed by atoms with Gasteiger partial charge in [0, 0.05) is 6.61 Å². The second-order valence-electron chi connectivity index (χ2n) is 6.04. The van der Waals surface area contributed by atoms with Gasteiger partial charge in [-0.05, 0) is 6.42 Å². The molecular weight excluding hydrogens is 288 g/mol. The van der Waals surface area contributed by atoms with Crippen molar-refractivity contribution in [3.63, 3.8) is 0 Å². The largest absolute Gasteiger partial charge is 0.394 e. The molecule has 4 N–H and O–H groups in total. The summed E-state index contributed by atoms with van der Waals surface area (Å²) < 4.78 is 10.5. The fourth-order valence-electron chi connectivity index (χ4n) is 2.71. The summed E-state index contributed by atoms with van der Waals surface area (Å²) in [6.45, 7) is 2.16. The monoisotopic (exact) mass is 320 g/mol. The molecule has 0 aliphatic carbocycles. The van der Waals surface area contributed by atoms with Crippen LogP contribution in [0, 0.1) is 0 Å². The Morgan fingerprint density at radius 2 is 1.45 bits per heavy atom. The highest BCUT2D eigenvalue weighted by Gasteiger charge is 2.44. The molecule has 0 amide bonds. The lowest BCUT2D eigenvalue weighted by molar-refractivity contribution is -0.296. The molecule has 0 aromatic heterocycles. The van der Waals surface area contributed by atoms with Crippen LogP contribution in [-0.4, -0.2) is 64.3 Å². The smallest absolute Gasteiger partial charge is 0.184 e. The topological polar surface area (TPSA) is 99.4 Å². The van der Waals surface area contributed by atoms with Crippen molar-refractivity contribution in [2.24, 2.45) is 0 Å². The molecule has 1 unspecified atom stereocenters. The molecule has 0 aromatic rings. The minimum Gasteiger partial charge on any atom is -0.394 e. The lowest BCUT2D eigenvalue weighted by atomic mass is 9.99. The second-order valence-corrected chi connectivity index (χ2v) is 6.04. The Kier molecular flexibility index (Phi) is 10.2. The Balaban J connectivity index is 2.11. The summed E-state index contributed by atoms with van der Waals surface area (Å²) in [4.78, 5) is 0. The second kappa shape index (κ2) is 11.3. The van der Waals surface area contributed by atoms with E-state index in [1.54, 1.807) is 0 Å². The number of aliphatic hydroxyl groups is 4. The summed E-state index contributed by atoms with van der Waals surface area (Å²) in [7, 11) is 0. The van der Waals surface area contributed by atoms with Crippen molar-refractivity contribution in [3.8, 4) is 0 Å². The fraction of sp³-hybridized carbons (Fsp3) is 1.00. The first-order chi connectivity index (χ1) is 10.6. The highest BCUT2D eigenvalue weighted by atomic mass is 16.7. The van der Waals surface area contributed by atoms with Gasteiger partial charge in [-0.25, -0.2) is 0 Å².